The molecule has 1 aromatic heterocycles. The topological polar surface area (TPSA) is 80.3 Å². The summed E-state index contributed by atoms with van der Waals surface area (Å²) in [4.78, 5) is 29.5. The third-order valence-electron chi connectivity index (χ3n) is 4.75. The highest BCUT2D eigenvalue weighted by Gasteiger charge is 2.12. The highest BCUT2D eigenvalue weighted by molar-refractivity contribution is 7.13. The zero-order valence-corrected chi connectivity index (χ0v) is 19.2. The van der Waals surface area contributed by atoms with Gasteiger partial charge in [0.25, 0.3) is 5.91 Å². The number of rotatable bonds is 7. The molecule has 2 N–H and O–H groups in total. The fourth-order valence-electron chi connectivity index (χ4n) is 3.16. The fourth-order valence-corrected chi connectivity index (χ4v) is 4.17. The van der Waals surface area contributed by atoms with Gasteiger partial charge in [0.15, 0.2) is 0 Å². The van der Waals surface area contributed by atoms with Crippen molar-refractivity contribution < 1.29 is 14.3 Å². The van der Waals surface area contributed by atoms with Crippen molar-refractivity contribution in [2.75, 3.05) is 17.7 Å². The van der Waals surface area contributed by atoms with Gasteiger partial charge in [-0.3, -0.25) is 9.59 Å². The van der Waals surface area contributed by atoms with Gasteiger partial charge < -0.3 is 15.4 Å². The summed E-state index contributed by atoms with van der Waals surface area (Å²) in [5.41, 5.74) is 3.24. The Balaban J connectivity index is 1.35. The Labute approximate surface area is 200 Å². The van der Waals surface area contributed by atoms with Crippen LogP contribution < -0.4 is 15.4 Å². The molecule has 8 heteroatoms. The van der Waals surface area contributed by atoms with Crippen LogP contribution in [0.1, 0.15) is 16.1 Å². The molecule has 4 aromatic rings. The number of thiazole rings is 1. The summed E-state index contributed by atoms with van der Waals surface area (Å²) in [6.45, 7) is 0. The van der Waals surface area contributed by atoms with Gasteiger partial charge in [-0.25, -0.2) is 4.98 Å². The van der Waals surface area contributed by atoms with E-state index in [1.165, 1.54) is 11.3 Å². The molecule has 6 nitrogen and oxygen atoms in total. The number of halogens is 1. The second-order valence-electron chi connectivity index (χ2n) is 7.11. The number of nitrogens with one attached hydrogen (secondary N) is 2. The van der Waals surface area contributed by atoms with Gasteiger partial charge in [0.2, 0.25) is 5.91 Å². The van der Waals surface area contributed by atoms with Gasteiger partial charge in [0, 0.05) is 27.2 Å². The first-order valence-corrected chi connectivity index (χ1v) is 11.3. The molecule has 0 aliphatic heterocycles. The quantitative estimate of drug-likeness (QED) is 0.347. The first-order valence-electron chi connectivity index (χ1n) is 10.1. The normalized spacial score (nSPS) is 10.5. The van der Waals surface area contributed by atoms with E-state index in [1.807, 2.05) is 35.7 Å². The van der Waals surface area contributed by atoms with Gasteiger partial charge >= 0.3 is 0 Å². The molecule has 3 aromatic carbocycles. The maximum Gasteiger partial charge on any atom is 0.255 e. The average Bonchev–Trinajstić information content (AvgIpc) is 3.28. The molecule has 166 valence electrons. The van der Waals surface area contributed by atoms with Crippen molar-refractivity contribution in [1.82, 2.24) is 4.98 Å². The lowest BCUT2D eigenvalue weighted by molar-refractivity contribution is -0.115. The van der Waals surface area contributed by atoms with E-state index >= 15 is 0 Å². The number of benzene rings is 3. The van der Waals surface area contributed by atoms with E-state index in [-0.39, 0.29) is 18.2 Å². The number of anilines is 2. The highest BCUT2D eigenvalue weighted by atomic mass is 35.5. The molecule has 1 heterocycles. The van der Waals surface area contributed by atoms with Crippen LogP contribution in [-0.4, -0.2) is 23.9 Å². The Morgan fingerprint density at radius 3 is 2.55 bits per heavy atom. The molecule has 0 bridgehead atoms. The van der Waals surface area contributed by atoms with Gasteiger partial charge in [-0.05, 0) is 48.5 Å². The third kappa shape index (κ3) is 5.77. The highest BCUT2D eigenvalue weighted by Crippen LogP contribution is 2.26. The van der Waals surface area contributed by atoms with Crippen LogP contribution in [0.3, 0.4) is 0 Å². The lowest BCUT2D eigenvalue weighted by Crippen LogP contribution is -2.15. The Kier molecular flexibility index (Phi) is 7.02. The molecule has 0 aliphatic rings. The summed E-state index contributed by atoms with van der Waals surface area (Å²) in [6.07, 6.45) is 0.146. The number of aromatic nitrogens is 1. The van der Waals surface area contributed by atoms with Crippen LogP contribution in [-0.2, 0) is 11.2 Å². The van der Waals surface area contributed by atoms with E-state index in [1.54, 1.807) is 49.6 Å². The standard InChI is InChI=1S/C25H20ClN3O3S/c1-32-22-8-3-2-7-21(22)29-24(31)16-9-11-19(12-10-16)27-23(30)14-20-15-33-25(28-20)17-5-4-6-18(26)13-17/h2-13,15H,14H2,1H3,(H,27,30)(H,29,31). The third-order valence-corrected chi connectivity index (χ3v) is 5.93. The Hall–Kier alpha value is -3.68. The van der Waals surface area contributed by atoms with Crippen LogP contribution in [0.4, 0.5) is 11.4 Å². The number of carbonyl (C=O) groups excluding carboxylic acids is 2. The Bertz CT molecular complexity index is 1290. The van der Waals surface area contributed by atoms with Gasteiger partial charge in [0.1, 0.15) is 10.8 Å². The summed E-state index contributed by atoms with van der Waals surface area (Å²) in [5.74, 6) is 0.118. The lowest BCUT2D eigenvalue weighted by Gasteiger charge is -2.10. The number of carbonyl (C=O) groups is 2. The number of hydrogen-bond acceptors (Lipinski definition) is 5. The van der Waals surface area contributed by atoms with Gasteiger partial charge in [-0.1, -0.05) is 35.9 Å². The number of methoxy groups -OCH3 is 1. The van der Waals surface area contributed by atoms with Crippen LogP contribution in [0.15, 0.2) is 78.2 Å². The fraction of sp³-hybridized carbons (Fsp3) is 0.0800. The molecule has 0 radical (unpaired) electrons. The molecule has 33 heavy (non-hydrogen) atoms. The smallest absolute Gasteiger partial charge is 0.255 e. The summed E-state index contributed by atoms with van der Waals surface area (Å²) >= 11 is 7.51. The summed E-state index contributed by atoms with van der Waals surface area (Å²) in [7, 11) is 1.55. The summed E-state index contributed by atoms with van der Waals surface area (Å²) in [6, 6.07) is 21.3. The van der Waals surface area contributed by atoms with Crippen LogP contribution in [0.2, 0.25) is 5.02 Å². The number of hydrogen-bond donors (Lipinski definition) is 2. The molecule has 0 aliphatic carbocycles. The van der Waals surface area contributed by atoms with Crippen LogP contribution >= 0.6 is 22.9 Å². The van der Waals surface area contributed by atoms with Crippen molar-refractivity contribution in [3.63, 3.8) is 0 Å². The van der Waals surface area contributed by atoms with Gasteiger partial charge in [0.05, 0.1) is 24.9 Å². The summed E-state index contributed by atoms with van der Waals surface area (Å²) in [5, 5.41) is 8.97. The van der Waals surface area contributed by atoms with Crippen molar-refractivity contribution >= 4 is 46.1 Å². The molecular formula is C25H20ClN3O3S. The molecule has 0 saturated heterocycles. The minimum absolute atomic E-state index is 0.146. The van der Waals surface area contributed by atoms with Crippen LogP contribution in [0, 0.1) is 0 Å². The molecule has 0 fully saturated rings. The van der Waals surface area contributed by atoms with Crippen LogP contribution in [0.25, 0.3) is 10.6 Å². The predicted octanol–water partition coefficient (Wildman–Crippen LogP) is 5.91. The summed E-state index contributed by atoms with van der Waals surface area (Å²) < 4.78 is 5.25. The van der Waals surface area contributed by atoms with E-state index in [0.717, 1.165) is 10.6 Å². The van der Waals surface area contributed by atoms with Crippen molar-refractivity contribution in [3.05, 3.63) is 94.5 Å². The van der Waals surface area contributed by atoms with Crippen LogP contribution in [0.5, 0.6) is 5.75 Å². The molecular weight excluding hydrogens is 458 g/mol. The Morgan fingerprint density at radius 1 is 1.00 bits per heavy atom. The second kappa shape index (κ2) is 10.3. The average molecular weight is 478 g/mol. The zero-order chi connectivity index (χ0) is 23.2. The van der Waals surface area contributed by atoms with E-state index in [9.17, 15) is 9.59 Å². The van der Waals surface area contributed by atoms with Crippen molar-refractivity contribution in [3.8, 4) is 16.3 Å². The first kappa shape index (κ1) is 22.5. The minimum atomic E-state index is -0.270. The zero-order valence-electron chi connectivity index (χ0n) is 17.7. The second-order valence-corrected chi connectivity index (χ2v) is 8.41. The van der Waals surface area contributed by atoms with E-state index in [4.69, 9.17) is 16.3 Å². The maximum atomic E-state index is 12.5. The molecule has 0 spiro atoms. The molecule has 4 rings (SSSR count). The maximum absolute atomic E-state index is 12.5. The van der Waals surface area contributed by atoms with Gasteiger partial charge in [-0.15, -0.1) is 11.3 Å². The number of ether oxygens (including phenoxy) is 1. The van der Waals surface area contributed by atoms with Crippen molar-refractivity contribution in [1.29, 1.82) is 0 Å². The SMILES string of the molecule is COc1ccccc1NC(=O)c1ccc(NC(=O)Cc2csc(-c3cccc(Cl)c3)n2)cc1. The molecule has 0 unspecified atom stereocenters. The predicted molar refractivity (Wildman–Crippen MR) is 132 cm³/mol. The Morgan fingerprint density at radius 2 is 1.79 bits per heavy atom. The first-order chi connectivity index (χ1) is 16.0. The molecule has 0 saturated carbocycles. The monoisotopic (exact) mass is 477 g/mol. The van der Waals surface area contributed by atoms with Crippen molar-refractivity contribution in [2.45, 2.75) is 6.42 Å². The molecule has 2 amide bonds. The van der Waals surface area contributed by atoms with E-state index in [0.29, 0.717) is 33.4 Å². The van der Waals surface area contributed by atoms with E-state index < -0.39 is 0 Å². The number of para-hydroxylation sites is 2. The molecule has 0 atom stereocenters. The number of amides is 2. The number of nitrogens with zero attached hydrogens (tertiary/aromatic N) is 1. The lowest BCUT2D eigenvalue weighted by atomic mass is 10.1. The van der Waals surface area contributed by atoms with Gasteiger partial charge in [-0.2, -0.15) is 0 Å². The van der Waals surface area contributed by atoms with E-state index in [2.05, 4.69) is 15.6 Å². The van der Waals surface area contributed by atoms with Crippen molar-refractivity contribution in [2.24, 2.45) is 0 Å². The minimum Gasteiger partial charge on any atom is -0.495 e. The largest absolute Gasteiger partial charge is 0.495 e.